The van der Waals surface area contributed by atoms with Gasteiger partial charge in [0.2, 0.25) is 6.71 Å². The summed E-state index contributed by atoms with van der Waals surface area (Å²) in [5, 5.41) is 0. The molecule has 3 aromatic rings. The SMILES string of the molecule is CC(C)(C1=CCCC=C1)C1=CC2B3c4cc(C(C)(C)C5=CC=CCC5)cc5c4N(c4cccc(c43)N3c4ccc(C(C)(C)C6=CCCCC6)cc4C(=C1)C23)C1CCC(C(C)(C)C2=CC=CCC2)C=C51. The maximum Gasteiger partial charge on any atom is 0.226 e. The normalized spacial score (nSPS) is 25.3. The van der Waals surface area contributed by atoms with Crippen molar-refractivity contribution in [3.63, 3.8) is 0 Å². The Bertz CT molecular complexity index is 3050. The molecule has 13 rings (SSSR count). The van der Waals surface area contributed by atoms with Crippen LogP contribution in [0.5, 0.6) is 0 Å². The number of hydrogen-bond acceptors (Lipinski definition) is 2. The highest BCUT2D eigenvalue weighted by Gasteiger charge is 2.57. The largest absolute Gasteiger partial charge is 0.334 e. The van der Waals surface area contributed by atoms with Gasteiger partial charge < -0.3 is 9.80 Å². The van der Waals surface area contributed by atoms with Crippen LogP contribution in [0.2, 0.25) is 5.82 Å². The molecule has 2 nitrogen and oxygen atoms in total. The average molecular weight is 905 g/mol. The molecule has 0 spiro atoms. The van der Waals surface area contributed by atoms with Crippen molar-refractivity contribution in [2.24, 2.45) is 16.7 Å². The van der Waals surface area contributed by atoms with Gasteiger partial charge in [0.25, 0.3) is 0 Å². The standard InChI is InChI=1S/C66H73BN2/c1-63(2,42-22-13-9-14-23-42)46-32-34-56-50(36-46)52-38-48(65(5,6)44-26-17-11-18-27-44)40-54-61(52)68(56)58-30-21-31-59-60(58)67(54)55-41-49(66(7,8)45-28-19-12-20-29-45)39-53-51-37-47(33-35-57(51)69(59)62(53)55)64(3,4)43-24-15-10-16-25-43/h9,11,13,17,19,21-22,24,26,28-31,33,35-41,46,55-56,62H,10,12,14-16,18,20,23,25,27,32,34H2,1-8H3. The van der Waals surface area contributed by atoms with E-state index in [0.717, 1.165) is 32.1 Å². The van der Waals surface area contributed by atoms with E-state index in [1.807, 2.05) is 0 Å². The van der Waals surface area contributed by atoms with E-state index < -0.39 is 0 Å². The van der Waals surface area contributed by atoms with Crippen molar-refractivity contribution in [3.05, 3.63) is 178 Å². The van der Waals surface area contributed by atoms with Gasteiger partial charge in [-0.3, -0.25) is 0 Å². The molecule has 0 N–H and O–H groups in total. The third-order valence-electron chi connectivity index (χ3n) is 19.9. The van der Waals surface area contributed by atoms with Crippen LogP contribution in [0.15, 0.2) is 155 Å². The molecule has 6 aliphatic carbocycles. The fraction of sp³-hybridized carbons (Fsp3) is 0.424. The molecule has 4 heterocycles. The Hall–Kier alpha value is -5.28. The minimum atomic E-state index is -0.134. The summed E-state index contributed by atoms with van der Waals surface area (Å²) in [5.41, 5.74) is 25.5. The van der Waals surface area contributed by atoms with E-state index in [9.17, 15) is 0 Å². The number of anilines is 4. The summed E-state index contributed by atoms with van der Waals surface area (Å²) in [6.07, 6.45) is 46.7. The lowest BCUT2D eigenvalue weighted by Gasteiger charge is -2.50. The second kappa shape index (κ2) is 15.6. The molecule has 0 saturated heterocycles. The highest BCUT2D eigenvalue weighted by atomic mass is 15.2. The summed E-state index contributed by atoms with van der Waals surface area (Å²) < 4.78 is 0. The van der Waals surface area contributed by atoms with Crippen molar-refractivity contribution in [1.82, 2.24) is 0 Å². The molecule has 4 aliphatic heterocycles. The Morgan fingerprint density at radius 1 is 0.580 bits per heavy atom. The first-order chi connectivity index (χ1) is 33.3. The van der Waals surface area contributed by atoms with Gasteiger partial charge in [0.1, 0.15) is 0 Å². The van der Waals surface area contributed by atoms with Crippen molar-refractivity contribution in [2.45, 2.75) is 161 Å². The fourth-order valence-electron chi connectivity index (χ4n) is 15.4. The third-order valence-corrected chi connectivity index (χ3v) is 19.9. The molecule has 0 aromatic heterocycles. The van der Waals surface area contributed by atoms with Crippen LogP contribution in [0.1, 0.15) is 155 Å². The molecule has 0 fully saturated rings. The molecule has 4 unspecified atom stereocenters. The zero-order valence-corrected chi connectivity index (χ0v) is 42.9. The average Bonchev–Trinajstić information content (AvgIpc) is 3.90. The van der Waals surface area contributed by atoms with E-state index in [1.54, 1.807) is 33.2 Å². The summed E-state index contributed by atoms with van der Waals surface area (Å²) in [5.74, 6) is 0.744. The van der Waals surface area contributed by atoms with Gasteiger partial charge in [0.15, 0.2) is 0 Å². The van der Waals surface area contributed by atoms with Crippen LogP contribution in [-0.4, -0.2) is 18.8 Å². The number of hydrogen-bond donors (Lipinski definition) is 0. The van der Waals surface area contributed by atoms with Gasteiger partial charge in [-0.05, 0) is 169 Å². The second-order valence-electron chi connectivity index (χ2n) is 24.7. The molecule has 0 radical (unpaired) electrons. The van der Waals surface area contributed by atoms with Gasteiger partial charge in [0.05, 0.1) is 12.1 Å². The predicted molar refractivity (Wildman–Crippen MR) is 296 cm³/mol. The summed E-state index contributed by atoms with van der Waals surface area (Å²) in [4.78, 5) is 5.71. The fourth-order valence-corrected chi connectivity index (χ4v) is 15.4. The maximum absolute atomic E-state index is 2.88. The lowest BCUT2D eigenvalue weighted by Crippen LogP contribution is -2.62. The van der Waals surface area contributed by atoms with E-state index in [1.165, 1.54) is 107 Å². The molecule has 4 atom stereocenters. The van der Waals surface area contributed by atoms with Gasteiger partial charge in [-0.2, -0.15) is 0 Å². The molecule has 350 valence electrons. The second-order valence-corrected chi connectivity index (χ2v) is 24.7. The first-order valence-corrected chi connectivity index (χ1v) is 27.3. The van der Waals surface area contributed by atoms with Crippen molar-refractivity contribution < 1.29 is 0 Å². The third kappa shape index (κ3) is 6.36. The Kier molecular flexibility index (Phi) is 9.89. The minimum Gasteiger partial charge on any atom is -0.334 e. The number of rotatable bonds is 8. The lowest BCUT2D eigenvalue weighted by molar-refractivity contribution is 0.281. The quantitative estimate of drug-likeness (QED) is 0.164. The molecule has 10 aliphatic rings. The molecule has 3 heteroatoms. The van der Waals surface area contributed by atoms with Gasteiger partial charge >= 0.3 is 0 Å². The minimum absolute atomic E-state index is 0.0111. The first kappa shape index (κ1) is 43.7. The summed E-state index contributed by atoms with van der Waals surface area (Å²) in [6.45, 7) is 20.3. The zero-order valence-electron chi connectivity index (χ0n) is 42.9. The van der Waals surface area contributed by atoms with Gasteiger partial charge in [-0.1, -0.05) is 169 Å². The zero-order chi connectivity index (χ0) is 47.2. The van der Waals surface area contributed by atoms with Crippen LogP contribution in [0, 0.1) is 16.7 Å². The smallest absolute Gasteiger partial charge is 0.226 e. The van der Waals surface area contributed by atoms with Gasteiger partial charge in [-0.25, -0.2) is 0 Å². The lowest BCUT2D eigenvalue weighted by atomic mass is 9.28. The van der Waals surface area contributed by atoms with E-state index in [-0.39, 0.29) is 40.2 Å². The molecule has 69 heavy (non-hydrogen) atoms. The Morgan fingerprint density at radius 2 is 1.33 bits per heavy atom. The molecular weight excluding hydrogens is 832 g/mol. The molecule has 0 bridgehead atoms. The van der Waals surface area contributed by atoms with E-state index in [4.69, 9.17) is 0 Å². The summed E-state index contributed by atoms with van der Waals surface area (Å²) in [6, 6.07) is 21.1. The number of fused-ring (bicyclic) bond motifs is 10. The Labute approximate surface area is 414 Å². The highest BCUT2D eigenvalue weighted by molar-refractivity contribution is 6.91. The molecule has 0 saturated carbocycles. The maximum atomic E-state index is 2.88. The Balaban J connectivity index is 1.05. The van der Waals surface area contributed by atoms with Crippen LogP contribution in [0.25, 0.3) is 11.1 Å². The topological polar surface area (TPSA) is 6.48 Å². The molecule has 3 aromatic carbocycles. The number of nitrogens with zero attached hydrogens (tertiary/aromatic N) is 2. The molecular formula is C66H73BN2. The number of allylic oxidation sites excluding steroid dienone is 17. The van der Waals surface area contributed by atoms with Crippen molar-refractivity contribution >= 4 is 51.5 Å². The van der Waals surface area contributed by atoms with Gasteiger partial charge in [0, 0.05) is 50.1 Å². The monoisotopic (exact) mass is 905 g/mol. The summed E-state index contributed by atoms with van der Waals surface area (Å²) >= 11 is 0. The number of benzene rings is 3. The van der Waals surface area contributed by atoms with E-state index >= 15 is 0 Å². The van der Waals surface area contributed by atoms with Crippen LogP contribution >= 0.6 is 0 Å². The van der Waals surface area contributed by atoms with Crippen LogP contribution in [0.4, 0.5) is 22.7 Å². The van der Waals surface area contributed by atoms with Crippen LogP contribution in [-0.2, 0) is 10.8 Å². The first-order valence-electron chi connectivity index (χ1n) is 27.3. The van der Waals surface area contributed by atoms with E-state index in [0.29, 0.717) is 12.0 Å². The predicted octanol–water partition coefficient (Wildman–Crippen LogP) is 16.1. The molecule has 0 amide bonds. The Morgan fingerprint density at radius 3 is 2.06 bits per heavy atom. The van der Waals surface area contributed by atoms with Crippen LogP contribution < -0.4 is 20.7 Å². The highest BCUT2D eigenvalue weighted by Crippen LogP contribution is 2.61. The van der Waals surface area contributed by atoms with Crippen molar-refractivity contribution in [3.8, 4) is 0 Å². The van der Waals surface area contributed by atoms with E-state index in [2.05, 4.69) is 193 Å². The summed E-state index contributed by atoms with van der Waals surface area (Å²) in [7, 11) is 0. The van der Waals surface area contributed by atoms with Crippen molar-refractivity contribution in [2.75, 3.05) is 9.80 Å². The van der Waals surface area contributed by atoms with Crippen molar-refractivity contribution in [1.29, 1.82) is 0 Å². The van der Waals surface area contributed by atoms with Gasteiger partial charge in [-0.15, -0.1) is 0 Å². The van der Waals surface area contributed by atoms with Crippen LogP contribution in [0.3, 0.4) is 0 Å².